The lowest BCUT2D eigenvalue weighted by Gasteiger charge is -2.35. The fourth-order valence-corrected chi connectivity index (χ4v) is 5.70. The zero-order chi connectivity index (χ0) is 25.0. The van der Waals surface area contributed by atoms with Crippen LogP contribution in [-0.4, -0.2) is 77.2 Å². The fraction of sp³-hybridized carbons (Fsp3) is 0.400. The summed E-state index contributed by atoms with van der Waals surface area (Å²) >= 11 is 0. The standard InChI is InChI=1S/C25H31N5O4S/c1-19(2)29(16-23-26-22-11-7-6-10-21(22)25(32)27-23)17-24(31)28-12-14-30(15-13-28)35(33,34)18-20-8-4-3-5-9-20/h3-11,19H,12-18H2,1-2H3,(H,26,27,32). The van der Waals surface area contributed by atoms with Crippen LogP contribution < -0.4 is 5.56 Å². The van der Waals surface area contributed by atoms with Gasteiger partial charge in [-0.15, -0.1) is 0 Å². The normalized spacial score (nSPS) is 15.3. The van der Waals surface area contributed by atoms with Gasteiger partial charge in [-0.3, -0.25) is 14.5 Å². The molecule has 1 aliphatic heterocycles. The van der Waals surface area contributed by atoms with E-state index in [1.807, 2.05) is 43.0 Å². The number of aromatic amines is 1. The fourth-order valence-electron chi connectivity index (χ4n) is 4.19. The molecule has 0 unspecified atom stereocenters. The van der Waals surface area contributed by atoms with Crippen LogP contribution in [0.1, 0.15) is 25.2 Å². The molecule has 0 bridgehead atoms. The van der Waals surface area contributed by atoms with Crippen molar-refractivity contribution < 1.29 is 13.2 Å². The van der Waals surface area contributed by atoms with Crippen LogP contribution in [0.5, 0.6) is 0 Å². The van der Waals surface area contributed by atoms with E-state index in [1.165, 1.54) is 4.31 Å². The smallest absolute Gasteiger partial charge is 0.258 e. The number of nitrogens with zero attached hydrogens (tertiary/aromatic N) is 4. The summed E-state index contributed by atoms with van der Waals surface area (Å²) in [5, 5.41) is 0.531. The molecule has 10 heteroatoms. The Hall–Kier alpha value is -3.08. The third-order valence-corrected chi connectivity index (χ3v) is 8.11. The summed E-state index contributed by atoms with van der Waals surface area (Å²) in [5.74, 6) is 0.397. The van der Waals surface area contributed by atoms with Crippen molar-refractivity contribution in [2.24, 2.45) is 0 Å². The maximum Gasteiger partial charge on any atom is 0.258 e. The number of benzene rings is 2. The van der Waals surface area contributed by atoms with Crippen LogP contribution in [0.15, 0.2) is 59.4 Å². The number of rotatable bonds is 8. The monoisotopic (exact) mass is 497 g/mol. The molecule has 1 amide bonds. The molecule has 1 aromatic heterocycles. The number of carbonyl (C=O) groups excluding carboxylic acids is 1. The summed E-state index contributed by atoms with van der Waals surface area (Å²) < 4.78 is 27.1. The second-order valence-corrected chi connectivity index (χ2v) is 11.0. The van der Waals surface area contributed by atoms with Gasteiger partial charge in [0.2, 0.25) is 15.9 Å². The van der Waals surface area contributed by atoms with Crippen molar-refractivity contribution in [2.45, 2.75) is 32.2 Å². The molecular formula is C25H31N5O4S. The van der Waals surface area contributed by atoms with Crippen molar-refractivity contribution in [3.05, 3.63) is 76.3 Å². The van der Waals surface area contributed by atoms with Crippen LogP contribution in [0.4, 0.5) is 0 Å². The van der Waals surface area contributed by atoms with Gasteiger partial charge < -0.3 is 9.88 Å². The van der Waals surface area contributed by atoms with Crippen LogP contribution in [0.3, 0.4) is 0 Å². The zero-order valence-corrected chi connectivity index (χ0v) is 20.9. The number of piperazine rings is 1. The molecule has 2 aromatic carbocycles. The van der Waals surface area contributed by atoms with Crippen molar-refractivity contribution in [1.82, 2.24) is 24.1 Å². The topological polar surface area (TPSA) is 107 Å². The second-order valence-electron chi connectivity index (χ2n) is 9.05. The van der Waals surface area contributed by atoms with Crippen molar-refractivity contribution in [1.29, 1.82) is 0 Å². The first-order chi connectivity index (χ1) is 16.7. The van der Waals surface area contributed by atoms with E-state index in [1.54, 1.807) is 35.2 Å². The Kier molecular flexibility index (Phi) is 7.63. The van der Waals surface area contributed by atoms with Gasteiger partial charge in [0.05, 0.1) is 29.7 Å². The number of hydrogen-bond acceptors (Lipinski definition) is 6. The Morgan fingerprint density at radius 2 is 1.69 bits per heavy atom. The predicted octanol–water partition coefficient (Wildman–Crippen LogP) is 1.81. The SMILES string of the molecule is CC(C)N(CC(=O)N1CCN(S(=O)(=O)Cc2ccccc2)CC1)Cc1nc2ccccc2c(=O)[nH]1. The maximum absolute atomic E-state index is 13.1. The number of nitrogens with one attached hydrogen (secondary N) is 1. The number of carbonyl (C=O) groups is 1. The number of para-hydroxylation sites is 1. The minimum Gasteiger partial charge on any atom is -0.339 e. The molecule has 186 valence electrons. The highest BCUT2D eigenvalue weighted by Crippen LogP contribution is 2.15. The highest BCUT2D eigenvalue weighted by Gasteiger charge is 2.30. The number of sulfonamides is 1. The minimum atomic E-state index is -3.44. The van der Waals surface area contributed by atoms with Gasteiger partial charge in [0.1, 0.15) is 5.82 Å². The van der Waals surface area contributed by atoms with Crippen molar-refractivity contribution in [3.8, 4) is 0 Å². The first-order valence-electron chi connectivity index (χ1n) is 11.7. The summed E-state index contributed by atoms with van der Waals surface area (Å²) in [6, 6.07) is 16.3. The summed E-state index contributed by atoms with van der Waals surface area (Å²) in [7, 11) is -3.44. The van der Waals surface area contributed by atoms with Gasteiger partial charge in [-0.25, -0.2) is 13.4 Å². The summed E-state index contributed by atoms with van der Waals surface area (Å²) in [5.41, 5.74) is 1.17. The molecular weight excluding hydrogens is 466 g/mol. The molecule has 3 aromatic rings. The van der Waals surface area contributed by atoms with Crippen LogP contribution in [0, 0.1) is 0 Å². The van der Waals surface area contributed by atoms with Crippen molar-refractivity contribution >= 4 is 26.8 Å². The third-order valence-electron chi connectivity index (χ3n) is 6.26. The number of H-pyrrole nitrogens is 1. The number of amides is 1. The Morgan fingerprint density at radius 1 is 1.03 bits per heavy atom. The third kappa shape index (κ3) is 6.14. The van der Waals surface area contributed by atoms with Gasteiger partial charge >= 0.3 is 0 Å². The average Bonchev–Trinajstić information content (AvgIpc) is 2.84. The Balaban J connectivity index is 1.36. The lowest BCUT2D eigenvalue weighted by molar-refractivity contribution is -0.134. The molecule has 35 heavy (non-hydrogen) atoms. The molecule has 9 nitrogen and oxygen atoms in total. The molecule has 2 heterocycles. The molecule has 0 spiro atoms. The van der Waals surface area contributed by atoms with Gasteiger partial charge in [-0.05, 0) is 31.5 Å². The van der Waals surface area contributed by atoms with Crippen molar-refractivity contribution in [3.63, 3.8) is 0 Å². The second kappa shape index (κ2) is 10.7. The molecule has 0 aliphatic carbocycles. The molecule has 0 atom stereocenters. The first-order valence-corrected chi connectivity index (χ1v) is 13.4. The predicted molar refractivity (Wildman–Crippen MR) is 135 cm³/mol. The van der Waals surface area contributed by atoms with E-state index in [2.05, 4.69) is 9.97 Å². The van der Waals surface area contributed by atoms with Gasteiger partial charge in [-0.2, -0.15) is 4.31 Å². The molecule has 1 aliphatic rings. The van der Waals surface area contributed by atoms with E-state index in [-0.39, 0.29) is 42.9 Å². The van der Waals surface area contributed by atoms with Gasteiger partial charge in [0.25, 0.3) is 5.56 Å². The molecule has 0 radical (unpaired) electrons. The summed E-state index contributed by atoms with van der Waals surface area (Å²) in [4.78, 5) is 36.5. The first kappa shape index (κ1) is 25.0. The Bertz CT molecular complexity index is 1330. The van der Waals surface area contributed by atoms with E-state index >= 15 is 0 Å². The van der Waals surface area contributed by atoms with Crippen LogP contribution in [0.2, 0.25) is 0 Å². The zero-order valence-electron chi connectivity index (χ0n) is 20.1. The van der Waals surface area contributed by atoms with Gasteiger partial charge in [-0.1, -0.05) is 42.5 Å². The lowest BCUT2D eigenvalue weighted by Crippen LogP contribution is -2.53. The van der Waals surface area contributed by atoms with E-state index in [0.717, 1.165) is 5.56 Å². The number of fused-ring (bicyclic) bond motifs is 1. The number of hydrogen-bond donors (Lipinski definition) is 1. The molecule has 1 saturated heterocycles. The van der Waals surface area contributed by atoms with E-state index in [0.29, 0.717) is 36.4 Å². The lowest BCUT2D eigenvalue weighted by atomic mass is 10.2. The maximum atomic E-state index is 13.1. The van der Waals surface area contributed by atoms with Crippen LogP contribution in [0.25, 0.3) is 10.9 Å². The highest BCUT2D eigenvalue weighted by molar-refractivity contribution is 7.88. The molecule has 1 fully saturated rings. The average molecular weight is 498 g/mol. The highest BCUT2D eigenvalue weighted by atomic mass is 32.2. The number of aromatic nitrogens is 2. The van der Waals surface area contributed by atoms with Crippen molar-refractivity contribution in [2.75, 3.05) is 32.7 Å². The summed E-state index contributed by atoms with van der Waals surface area (Å²) in [6.07, 6.45) is 0. The van der Waals surface area contributed by atoms with E-state index in [4.69, 9.17) is 0 Å². The van der Waals surface area contributed by atoms with Gasteiger partial charge in [0, 0.05) is 32.2 Å². The largest absolute Gasteiger partial charge is 0.339 e. The Morgan fingerprint density at radius 3 is 2.37 bits per heavy atom. The molecule has 0 saturated carbocycles. The van der Waals surface area contributed by atoms with Gasteiger partial charge in [0.15, 0.2) is 0 Å². The molecule has 4 rings (SSSR count). The summed E-state index contributed by atoms with van der Waals surface area (Å²) in [6.45, 7) is 5.72. The van der Waals surface area contributed by atoms with Crippen LogP contribution in [-0.2, 0) is 27.1 Å². The van der Waals surface area contributed by atoms with E-state index < -0.39 is 10.0 Å². The minimum absolute atomic E-state index is 0.0418. The van der Waals surface area contributed by atoms with E-state index in [9.17, 15) is 18.0 Å². The Labute approximate surface area is 205 Å². The molecule has 1 N–H and O–H groups in total. The van der Waals surface area contributed by atoms with Crippen LogP contribution >= 0.6 is 0 Å². The quantitative estimate of drug-likeness (QED) is 0.509.